The standard InChI is InChI=1S/C8H6BrF2NO2/c9-4-1-3(7(12)8(13)14)2-5(10)6(4)11/h1-2,7H,12H2,(H,13,14). The minimum atomic E-state index is -1.36. The Bertz CT molecular complexity index is 361. The van der Waals surface area contributed by atoms with Gasteiger partial charge in [-0.2, -0.15) is 0 Å². The van der Waals surface area contributed by atoms with Crippen molar-refractivity contribution in [3.8, 4) is 0 Å². The molecule has 1 atom stereocenters. The number of nitrogens with two attached hydrogens (primary N) is 1. The Balaban J connectivity index is 3.19. The first-order valence-corrected chi connectivity index (χ1v) is 4.35. The Morgan fingerprint density at radius 2 is 2.07 bits per heavy atom. The molecule has 3 nitrogen and oxygen atoms in total. The third kappa shape index (κ3) is 2.08. The third-order valence-corrected chi connectivity index (χ3v) is 2.21. The highest BCUT2D eigenvalue weighted by atomic mass is 79.9. The highest BCUT2D eigenvalue weighted by molar-refractivity contribution is 9.10. The molecule has 0 saturated heterocycles. The summed E-state index contributed by atoms with van der Waals surface area (Å²) in [5.74, 6) is -3.50. The van der Waals surface area contributed by atoms with Crippen molar-refractivity contribution in [1.29, 1.82) is 0 Å². The van der Waals surface area contributed by atoms with Crippen molar-refractivity contribution < 1.29 is 18.7 Å². The molecule has 76 valence electrons. The normalized spacial score (nSPS) is 12.6. The maximum absolute atomic E-state index is 12.8. The van der Waals surface area contributed by atoms with Crippen LogP contribution in [0.2, 0.25) is 0 Å². The van der Waals surface area contributed by atoms with Crippen LogP contribution in [0, 0.1) is 11.6 Å². The largest absolute Gasteiger partial charge is 0.480 e. The van der Waals surface area contributed by atoms with Crippen molar-refractivity contribution in [3.63, 3.8) is 0 Å². The quantitative estimate of drug-likeness (QED) is 0.802. The molecule has 1 aromatic carbocycles. The smallest absolute Gasteiger partial charge is 0.325 e. The molecular formula is C8H6BrF2NO2. The van der Waals surface area contributed by atoms with E-state index in [1.807, 2.05) is 0 Å². The van der Waals surface area contributed by atoms with Crippen LogP contribution < -0.4 is 5.73 Å². The lowest BCUT2D eigenvalue weighted by atomic mass is 10.1. The van der Waals surface area contributed by atoms with Crippen LogP contribution in [-0.4, -0.2) is 11.1 Å². The number of carboxylic acid groups (broad SMARTS) is 1. The minimum absolute atomic E-state index is 0.00303. The van der Waals surface area contributed by atoms with Gasteiger partial charge in [0.25, 0.3) is 0 Å². The van der Waals surface area contributed by atoms with E-state index < -0.39 is 23.6 Å². The van der Waals surface area contributed by atoms with Gasteiger partial charge in [0.05, 0.1) is 4.47 Å². The zero-order chi connectivity index (χ0) is 10.9. The van der Waals surface area contributed by atoms with E-state index >= 15 is 0 Å². The van der Waals surface area contributed by atoms with Gasteiger partial charge in [0.15, 0.2) is 11.6 Å². The predicted octanol–water partition coefficient (Wildman–Crippen LogP) is 1.81. The predicted molar refractivity (Wildman–Crippen MR) is 48.6 cm³/mol. The summed E-state index contributed by atoms with van der Waals surface area (Å²) in [6.45, 7) is 0. The maximum atomic E-state index is 12.8. The van der Waals surface area contributed by atoms with Crippen molar-refractivity contribution in [2.45, 2.75) is 6.04 Å². The summed E-state index contributed by atoms with van der Waals surface area (Å²) in [6.07, 6.45) is 0. The Kier molecular flexibility index (Phi) is 3.17. The molecule has 0 radical (unpaired) electrons. The number of hydrogen-bond acceptors (Lipinski definition) is 2. The average molecular weight is 266 g/mol. The molecule has 0 amide bonds. The van der Waals surface area contributed by atoms with Gasteiger partial charge < -0.3 is 10.8 Å². The number of carboxylic acids is 1. The molecule has 6 heteroatoms. The first-order chi connectivity index (χ1) is 6.43. The van der Waals surface area contributed by atoms with Crippen molar-refractivity contribution in [1.82, 2.24) is 0 Å². The molecule has 0 heterocycles. The second-order valence-electron chi connectivity index (χ2n) is 2.61. The van der Waals surface area contributed by atoms with Crippen molar-refractivity contribution >= 4 is 21.9 Å². The molecule has 1 aromatic rings. The van der Waals surface area contributed by atoms with Crippen molar-refractivity contribution in [2.75, 3.05) is 0 Å². The SMILES string of the molecule is NC(C(=O)O)c1cc(F)c(F)c(Br)c1. The van der Waals surface area contributed by atoms with Gasteiger partial charge in [0.2, 0.25) is 0 Å². The Hall–Kier alpha value is -1.01. The summed E-state index contributed by atoms with van der Waals surface area (Å²) in [5.41, 5.74) is 5.22. The van der Waals surface area contributed by atoms with Gasteiger partial charge >= 0.3 is 5.97 Å². The molecule has 0 aromatic heterocycles. The fourth-order valence-corrected chi connectivity index (χ4v) is 1.35. The van der Waals surface area contributed by atoms with E-state index in [-0.39, 0.29) is 10.0 Å². The number of rotatable bonds is 2. The van der Waals surface area contributed by atoms with Crippen LogP contribution in [0.25, 0.3) is 0 Å². The Morgan fingerprint density at radius 3 is 2.50 bits per heavy atom. The van der Waals surface area contributed by atoms with E-state index in [0.29, 0.717) is 0 Å². The molecule has 0 aliphatic rings. The van der Waals surface area contributed by atoms with Crippen LogP contribution in [0.15, 0.2) is 16.6 Å². The van der Waals surface area contributed by atoms with Crippen LogP contribution in [0.1, 0.15) is 11.6 Å². The maximum Gasteiger partial charge on any atom is 0.325 e. The summed E-state index contributed by atoms with van der Waals surface area (Å²) in [6, 6.07) is 0.539. The lowest BCUT2D eigenvalue weighted by molar-refractivity contribution is -0.138. The fourth-order valence-electron chi connectivity index (χ4n) is 0.897. The minimum Gasteiger partial charge on any atom is -0.480 e. The molecule has 0 saturated carbocycles. The zero-order valence-corrected chi connectivity index (χ0v) is 8.38. The summed E-state index contributed by atoms with van der Waals surface area (Å²) < 4.78 is 25.4. The van der Waals surface area contributed by atoms with Gasteiger partial charge in [-0.3, -0.25) is 4.79 Å². The molecule has 0 aliphatic carbocycles. The molecule has 0 fully saturated rings. The highest BCUT2D eigenvalue weighted by Gasteiger charge is 2.18. The molecule has 0 bridgehead atoms. The van der Waals surface area contributed by atoms with Crippen LogP contribution in [0.5, 0.6) is 0 Å². The first kappa shape index (κ1) is 11.1. The highest BCUT2D eigenvalue weighted by Crippen LogP contribution is 2.23. The van der Waals surface area contributed by atoms with E-state index in [4.69, 9.17) is 10.8 Å². The number of benzene rings is 1. The number of halogens is 3. The lowest BCUT2D eigenvalue weighted by Crippen LogP contribution is -2.20. The average Bonchev–Trinajstić information content (AvgIpc) is 2.12. The third-order valence-electron chi connectivity index (χ3n) is 1.63. The van der Waals surface area contributed by atoms with E-state index in [0.717, 1.165) is 12.1 Å². The van der Waals surface area contributed by atoms with Gasteiger partial charge in [0, 0.05) is 0 Å². The summed E-state index contributed by atoms with van der Waals surface area (Å²) >= 11 is 2.75. The second kappa shape index (κ2) is 4.02. The Labute approximate surface area is 86.7 Å². The summed E-state index contributed by atoms with van der Waals surface area (Å²) in [7, 11) is 0. The molecule has 3 N–H and O–H groups in total. The summed E-state index contributed by atoms with van der Waals surface area (Å²) in [4.78, 5) is 10.5. The number of aliphatic carboxylic acids is 1. The van der Waals surface area contributed by atoms with Gasteiger partial charge in [-0.1, -0.05) is 0 Å². The van der Waals surface area contributed by atoms with E-state index in [1.165, 1.54) is 0 Å². The fraction of sp³-hybridized carbons (Fsp3) is 0.125. The molecule has 1 unspecified atom stereocenters. The Morgan fingerprint density at radius 1 is 1.50 bits per heavy atom. The second-order valence-corrected chi connectivity index (χ2v) is 3.47. The summed E-state index contributed by atoms with van der Waals surface area (Å²) in [5, 5.41) is 8.53. The topological polar surface area (TPSA) is 63.3 Å². The van der Waals surface area contributed by atoms with Crippen LogP contribution in [0.3, 0.4) is 0 Å². The van der Waals surface area contributed by atoms with Crippen molar-refractivity contribution in [2.24, 2.45) is 5.73 Å². The van der Waals surface area contributed by atoms with Crippen LogP contribution in [-0.2, 0) is 4.79 Å². The van der Waals surface area contributed by atoms with Gasteiger partial charge in [-0.05, 0) is 33.6 Å². The van der Waals surface area contributed by atoms with Gasteiger partial charge in [-0.25, -0.2) is 8.78 Å². The molecule has 0 spiro atoms. The number of carbonyl (C=O) groups is 1. The molecular weight excluding hydrogens is 260 g/mol. The van der Waals surface area contributed by atoms with E-state index in [1.54, 1.807) is 0 Å². The van der Waals surface area contributed by atoms with E-state index in [9.17, 15) is 13.6 Å². The van der Waals surface area contributed by atoms with Gasteiger partial charge in [0.1, 0.15) is 6.04 Å². The molecule has 1 rings (SSSR count). The van der Waals surface area contributed by atoms with Crippen molar-refractivity contribution in [3.05, 3.63) is 33.8 Å². The van der Waals surface area contributed by atoms with Crippen LogP contribution in [0.4, 0.5) is 8.78 Å². The first-order valence-electron chi connectivity index (χ1n) is 3.56. The molecule has 0 aliphatic heterocycles. The molecule has 14 heavy (non-hydrogen) atoms. The number of hydrogen-bond donors (Lipinski definition) is 2. The lowest BCUT2D eigenvalue weighted by Gasteiger charge is -2.07. The monoisotopic (exact) mass is 265 g/mol. The van der Waals surface area contributed by atoms with Crippen LogP contribution >= 0.6 is 15.9 Å². The van der Waals surface area contributed by atoms with E-state index in [2.05, 4.69) is 15.9 Å². The zero-order valence-electron chi connectivity index (χ0n) is 6.80. The van der Waals surface area contributed by atoms with Gasteiger partial charge in [-0.15, -0.1) is 0 Å².